The number of sulfone groups is 1. The van der Waals surface area contributed by atoms with Crippen molar-refractivity contribution in [3.63, 3.8) is 0 Å². The third-order valence-corrected chi connectivity index (χ3v) is 4.60. The predicted octanol–water partition coefficient (Wildman–Crippen LogP) is 0.759. The Balaban J connectivity index is 2.60. The van der Waals surface area contributed by atoms with Crippen LogP contribution in [0.1, 0.15) is 38.9 Å². The Bertz CT molecular complexity index is 467. The molecule has 1 aromatic rings. The van der Waals surface area contributed by atoms with Crippen LogP contribution in [0.2, 0.25) is 0 Å². The van der Waals surface area contributed by atoms with Gasteiger partial charge in [0.2, 0.25) is 0 Å². The molecule has 0 aliphatic rings. The van der Waals surface area contributed by atoms with Crippen LogP contribution in [0.3, 0.4) is 0 Å². The molecule has 0 aliphatic heterocycles. The minimum absolute atomic E-state index is 0.0978. The largest absolute Gasteiger partial charge is 0.322 e. The number of aryl methyl sites for hydroxylation is 1. The van der Waals surface area contributed by atoms with Gasteiger partial charge in [0, 0.05) is 5.75 Å². The van der Waals surface area contributed by atoms with Gasteiger partial charge < -0.3 is 5.73 Å². The van der Waals surface area contributed by atoms with Gasteiger partial charge in [-0.3, -0.25) is 4.68 Å². The molecule has 6 nitrogen and oxygen atoms in total. The Morgan fingerprint density at radius 1 is 1.39 bits per heavy atom. The van der Waals surface area contributed by atoms with Gasteiger partial charge in [0.25, 0.3) is 0 Å². The fourth-order valence-corrected chi connectivity index (χ4v) is 2.85. The highest BCUT2D eigenvalue weighted by Crippen LogP contribution is 2.15. The van der Waals surface area contributed by atoms with Crippen molar-refractivity contribution in [3.8, 4) is 0 Å². The molecule has 1 atom stereocenters. The summed E-state index contributed by atoms with van der Waals surface area (Å²) in [6, 6.07) is -0.161. The van der Waals surface area contributed by atoms with Crippen LogP contribution in [-0.2, 0) is 16.4 Å². The van der Waals surface area contributed by atoms with Crippen LogP contribution < -0.4 is 5.73 Å². The molecule has 1 rings (SSSR count). The molecule has 18 heavy (non-hydrogen) atoms. The number of nitrogens with zero attached hydrogens (tertiary/aromatic N) is 3. The lowest BCUT2D eigenvalue weighted by molar-refractivity contribution is 0.502. The zero-order chi connectivity index (χ0) is 13.8. The minimum Gasteiger partial charge on any atom is -0.322 e. The smallest absolute Gasteiger partial charge is 0.152 e. The molecule has 0 saturated heterocycles. The maximum Gasteiger partial charge on any atom is 0.152 e. The molecule has 0 radical (unpaired) electrons. The molecular formula is C11H22N4O2S. The standard InChI is InChI=1S/C11H22N4O2S/c1-4-6-18(16,17)7-5-15-8-10(13-14-15)11(12)9(2)3/h8-9,11H,4-7,12H2,1-3H3. The van der Waals surface area contributed by atoms with Gasteiger partial charge in [-0.15, -0.1) is 5.10 Å². The quantitative estimate of drug-likeness (QED) is 0.792. The van der Waals surface area contributed by atoms with E-state index in [1.165, 1.54) is 0 Å². The number of aromatic nitrogens is 3. The second kappa shape index (κ2) is 6.29. The lowest BCUT2D eigenvalue weighted by Crippen LogP contribution is -2.17. The van der Waals surface area contributed by atoms with E-state index in [0.29, 0.717) is 18.7 Å². The molecule has 0 fully saturated rings. The summed E-state index contributed by atoms with van der Waals surface area (Å²) < 4.78 is 24.7. The normalized spacial score (nSPS) is 14.1. The van der Waals surface area contributed by atoms with Crippen LogP contribution in [0.5, 0.6) is 0 Å². The molecule has 1 heterocycles. The SMILES string of the molecule is CCCS(=O)(=O)CCn1cc(C(N)C(C)C)nn1. The lowest BCUT2D eigenvalue weighted by atomic mass is 10.0. The van der Waals surface area contributed by atoms with Gasteiger partial charge in [0.05, 0.1) is 30.2 Å². The van der Waals surface area contributed by atoms with Crippen molar-refractivity contribution in [3.05, 3.63) is 11.9 Å². The number of rotatable bonds is 7. The molecule has 7 heteroatoms. The minimum atomic E-state index is -2.98. The Hall–Kier alpha value is -0.950. The molecule has 0 bridgehead atoms. The first-order valence-corrected chi connectivity index (χ1v) is 8.04. The number of hydrogen-bond acceptors (Lipinski definition) is 5. The average molecular weight is 274 g/mol. The Kier molecular flexibility index (Phi) is 5.28. The highest BCUT2D eigenvalue weighted by molar-refractivity contribution is 7.91. The summed E-state index contributed by atoms with van der Waals surface area (Å²) in [6.07, 6.45) is 2.37. The number of nitrogens with two attached hydrogens (primary N) is 1. The molecule has 0 saturated carbocycles. The maximum atomic E-state index is 11.6. The molecule has 1 unspecified atom stereocenters. The monoisotopic (exact) mass is 274 g/mol. The maximum absolute atomic E-state index is 11.6. The summed E-state index contributed by atoms with van der Waals surface area (Å²) >= 11 is 0. The summed E-state index contributed by atoms with van der Waals surface area (Å²) in [5.41, 5.74) is 6.65. The van der Waals surface area contributed by atoms with E-state index >= 15 is 0 Å². The zero-order valence-electron chi connectivity index (χ0n) is 11.2. The van der Waals surface area contributed by atoms with Crippen molar-refractivity contribution in [1.82, 2.24) is 15.0 Å². The van der Waals surface area contributed by atoms with Crippen molar-refractivity contribution < 1.29 is 8.42 Å². The highest BCUT2D eigenvalue weighted by atomic mass is 32.2. The van der Waals surface area contributed by atoms with Gasteiger partial charge in [-0.1, -0.05) is 26.0 Å². The Morgan fingerprint density at radius 2 is 2.06 bits per heavy atom. The van der Waals surface area contributed by atoms with Crippen LogP contribution in [-0.4, -0.2) is 34.9 Å². The fourth-order valence-electron chi connectivity index (χ4n) is 1.56. The van der Waals surface area contributed by atoms with Crippen LogP contribution >= 0.6 is 0 Å². The first-order chi connectivity index (χ1) is 8.35. The molecular weight excluding hydrogens is 252 g/mol. The summed E-state index contributed by atoms with van der Waals surface area (Å²) in [4.78, 5) is 0. The van der Waals surface area contributed by atoms with Gasteiger partial charge in [0.1, 0.15) is 0 Å². The molecule has 0 amide bonds. The molecule has 1 aromatic heterocycles. The number of hydrogen-bond donors (Lipinski definition) is 1. The molecule has 104 valence electrons. The highest BCUT2D eigenvalue weighted by Gasteiger charge is 2.15. The molecule has 2 N–H and O–H groups in total. The van der Waals surface area contributed by atoms with E-state index in [1.54, 1.807) is 10.9 Å². The topological polar surface area (TPSA) is 90.9 Å². The van der Waals surface area contributed by atoms with Crippen molar-refractivity contribution >= 4 is 9.84 Å². The van der Waals surface area contributed by atoms with Crippen LogP contribution in [0.15, 0.2) is 6.20 Å². The van der Waals surface area contributed by atoms with Crippen molar-refractivity contribution in [2.24, 2.45) is 11.7 Å². The van der Waals surface area contributed by atoms with E-state index in [1.807, 2.05) is 20.8 Å². The van der Waals surface area contributed by atoms with Crippen LogP contribution in [0.4, 0.5) is 0 Å². The summed E-state index contributed by atoms with van der Waals surface area (Å²) in [6.45, 7) is 6.21. The Labute approximate surface area is 108 Å². The van der Waals surface area contributed by atoms with Crippen molar-refractivity contribution in [2.75, 3.05) is 11.5 Å². The van der Waals surface area contributed by atoms with E-state index in [9.17, 15) is 8.42 Å². The van der Waals surface area contributed by atoms with Gasteiger partial charge >= 0.3 is 0 Å². The van der Waals surface area contributed by atoms with Gasteiger partial charge in [-0.05, 0) is 12.3 Å². The Morgan fingerprint density at radius 3 is 2.61 bits per heavy atom. The van der Waals surface area contributed by atoms with E-state index in [2.05, 4.69) is 10.3 Å². The van der Waals surface area contributed by atoms with E-state index in [-0.39, 0.29) is 23.5 Å². The van der Waals surface area contributed by atoms with Gasteiger partial charge in [0.15, 0.2) is 9.84 Å². The van der Waals surface area contributed by atoms with Gasteiger partial charge in [-0.2, -0.15) is 0 Å². The van der Waals surface area contributed by atoms with E-state index in [4.69, 9.17) is 5.73 Å². The van der Waals surface area contributed by atoms with Crippen molar-refractivity contribution in [2.45, 2.75) is 39.8 Å². The molecule has 0 aliphatic carbocycles. The molecule has 0 spiro atoms. The van der Waals surface area contributed by atoms with E-state index in [0.717, 1.165) is 0 Å². The van der Waals surface area contributed by atoms with E-state index < -0.39 is 9.84 Å². The zero-order valence-corrected chi connectivity index (χ0v) is 12.0. The average Bonchev–Trinajstić information content (AvgIpc) is 2.74. The summed E-state index contributed by atoms with van der Waals surface area (Å²) in [5.74, 6) is 0.597. The van der Waals surface area contributed by atoms with Crippen LogP contribution in [0, 0.1) is 5.92 Å². The lowest BCUT2D eigenvalue weighted by Gasteiger charge is -2.11. The third kappa shape index (κ3) is 4.38. The predicted molar refractivity (Wildman–Crippen MR) is 70.7 cm³/mol. The first-order valence-electron chi connectivity index (χ1n) is 6.21. The van der Waals surface area contributed by atoms with Crippen molar-refractivity contribution in [1.29, 1.82) is 0 Å². The van der Waals surface area contributed by atoms with Crippen LogP contribution in [0.25, 0.3) is 0 Å². The fraction of sp³-hybridized carbons (Fsp3) is 0.818. The first kappa shape index (κ1) is 15.1. The molecule has 0 aromatic carbocycles. The third-order valence-electron chi connectivity index (χ3n) is 2.76. The summed E-state index contributed by atoms with van der Waals surface area (Å²) in [7, 11) is -2.98. The van der Waals surface area contributed by atoms with Gasteiger partial charge in [-0.25, -0.2) is 8.42 Å². The summed E-state index contributed by atoms with van der Waals surface area (Å²) in [5, 5.41) is 7.88. The second-order valence-corrected chi connectivity index (χ2v) is 7.13. The second-order valence-electron chi connectivity index (χ2n) is 4.83.